The number of hydrogen-bond donors (Lipinski definition) is 1. The first-order valence-electron chi connectivity index (χ1n) is 10.2. The number of fused-ring (bicyclic) bond motifs is 2. The zero-order valence-electron chi connectivity index (χ0n) is 16.7. The van der Waals surface area contributed by atoms with Crippen molar-refractivity contribution in [2.24, 2.45) is 0 Å². The van der Waals surface area contributed by atoms with E-state index in [-0.39, 0.29) is 5.91 Å². The Hall–Kier alpha value is -2.76. The van der Waals surface area contributed by atoms with E-state index in [9.17, 15) is 4.79 Å². The molecular weight excluding hydrogens is 350 g/mol. The van der Waals surface area contributed by atoms with E-state index in [1.165, 1.54) is 19.3 Å². The molecule has 4 rings (SSSR count). The van der Waals surface area contributed by atoms with Crippen LogP contribution in [0.5, 0.6) is 0 Å². The summed E-state index contributed by atoms with van der Waals surface area (Å²) >= 11 is 0. The Morgan fingerprint density at radius 1 is 1.14 bits per heavy atom. The van der Waals surface area contributed by atoms with Gasteiger partial charge in [-0.2, -0.15) is 0 Å². The zero-order valence-corrected chi connectivity index (χ0v) is 16.7. The molecule has 146 valence electrons. The van der Waals surface area contributed by atoms with Crippen molar-refractivity contribution in [3.8, 4) is 0 Å². The number of amides is 1. The van der Waals surface area contributed by atoms with E-state index in [2.05, 4.69) is 38.1 Å². The van der Waals surface area contributed by atoms with Gasteiger partial charge >= 0.3 is 0 Å². The van der Waals surface area contributed by atoms with Crippen molar-refractivity contribution in [2.75, 3.05) is 6.54 Å². The summed E-state index contributed by atoms with van der Waals surface area (Å²) in [5.74, 6) is 2.10. The van der Waals surface area contributed by atoms with Crippen LogP contribution in [-0.4, -0.2) is 32.2 Å². The average Bonchev–Trinajstić information content (AvgIpc) is 2.92. The van der Waals surface area contributed by atoms with Gasteiger partial charge in [0.15, 0.2) is 0 Å². The van der Waals surface area contributed by atoms with Crippen molar-refractivity contribution in [1.82, 2.24) is 25.1 Å². The molecule has 0 spiro atoms. The minimum Gasteiger partial charge on any atom is -0.355 e. The van der Waals surface area contributed by atoms with Crippen molar-refractivity contribution in [2.45, 2.75) is 58.9 Å². The molecule has 0 saturated heterocycles. The number of nitrogens with zero attached hydrogens (tertiary/aromatic N) is 4. The Morgan fingerprint density at radius 2 is 2.00 bits per heavy atom. The van der Waals surface area contributed by atoms with Crippen LogP contribution < -0.4 is 5.32 Å². The number of aromatic nitrogens is 4. The summed E-state index contributed by atoms with van der Waals surface area (Å²) in [5, 5.41) is 12.8. The van der Waals surface area contributed by atoms with Crippen LogP contribution in [0.25, 0.3) is 10.9 Å². The van der Waals surface area contributed by atoms with Gasteiger partial charge in [0.2, 0.25) is 5.91 Å². The van der Waals surface area contributed by atoms with Gasteiger partial charge in [0.05, 0.1) is 11.9 Å². The molecule has 1 amide bonds. The van der Waals surface area contributed by atoms with E-state index in [1.54, 1.807) is 0 Å². The van der Waals surface area contributed by atoms with E-state index in [1.807, 2.05) is 25.1 Å². The number of carbonyl (C=O) groups is 1. The highest BCUT2D eigenvalue weighted by Crippen LogP contribution is 2.22. The quantitative estimate of drug-likeness (QED) is 0.742. The molecule has 0 bridgehead atoms. The first-order chi connectivity index (χ1) is 13.6. The predicted molar refractivity (Wildman–Crippen MR) is 109 cm³/mol. The van der Waals surface area contributed by atoms with Gasteiger partial charge in [-0.25, -0.2) is 0 Å². The van der Waals surface area contributed by atoms with E-state index < -0.39 is 0 Å². The lowest BCUT2D eigenvalue weighted by Gasteiger charge is -2.13. The molecule has 0 fully saturated rings. The second kappa shape index (κ2) is 8.09. The maximum Gasteiger partial charge on any atom is 0.224 e. The molecule has 6 heteroatoms. The highest BCUT2D eigenvalue weighted by atomic mass is 16.1. The number of carbonyl (C=O) groups excluding carboxylic acids is 1. The molecule has 0 aliphatic carbocycles. The summed E-state index contributed by atoms with van der Waals surface area (Å²) < 4.78 is 2.24. The monoisotopic (exact) mass is 377 g/mol. The normalized spacial score (nSPS) is 13.9. The summed E-state index contributed by atoms with van der Waals surface area (Å²) in [4.78, 5) is 17.2. The van der Waals surface area contributed by atoms with Crippen LogP contribution in [0.3, 0.4) is 0 Å². The molecule has 1 N–H and O–H groups in total. The molecule has 28 heavy (non-hydrogen) atoms. The van der Waals surface area contributed by atoms with Gasteiger partial charge in [-0.05, 0) is 43.9 Å². The molecule has 1 aliphatic heterocycles. The lowest BCUT2D eigenvalue weighted by molar-refractivity contribution is -0.120. The van der Waals surface area contributed by atoms with Gasteiger partial charge in [0.1, 0.15) is 11.6 Å². The third kappa shape index (κ3) is 3.77. The fourth-order valence-electron chi connectivity index (χ4n) is 4.10. The van der Waals surface area contributed by atoms with Crippen LogP contribution in [-0.2, 0) is 30.6 Å². The highest BCUT2D eigenvalue weighted by Gasteiger charge is 2.16. The molecule has 1 aromatic carbocycles. The van der Waals surface area contributed by atoms with Crippen LogP contribution in [0.2, 0.25) is 0 Å². The van der Waals surface area contributed by atoms with Gasteiger partial charge < -0.3 is 9.88 Å². The van der Waals surface area contributed by atoms with Gasteiger partial charge in [-0.3, -0.25) is 9.78 Å². The largest absolute Gasteiger partial charge is 0.355 e. The Morgan fingerprint density at radius 3 is 2.89 bits per heavy atom. The third-order valence-electron chi connectivity index (χ3n) is 5.68. The van der Waals surface area contributed by atoms with E-state index in [0.717, 1.165) is 52.3 Å². The predicted octanol–water partition coefficient (Wildman–Crippen LogP) is 3.07. The lowest BCUT2D eigenvalue weighted by atomic mass is 9.99. The molecule has 6 nitrogen and oxygen atoms in total. The number of nitrogens with one attached hydrogen (secondary N) is 1. The topological polar surface area (TPSA) is 72.7 Å². The molecule has 1 aliphatic rings. The van der Waals surface area contributed by atoms with Crippen molar-refractivity contribution in [3.63, 3.8) is 0 Å². The maximum atomic E-state index is 12.5. The Bertz CT molecular complexity index is 1010. The SMILES string of the molecule is Cc1nc2ccccc2c(C)c1CC(=O)NCCc1nnc2n1CCCCC2. The van der Waals surface area contributed by atoms with Crippen LogP contribution >= 0.6 is 0 Å². The lowest BCUT2D eigenvalue weighted by Crippen LogP contribution is -2.28. The summed E-state index contributed by atoms with van der Waals surface area (Å²) in [7, 11) is 0. The smallest absolute Gasteiger partial charge is 0.224 e. The fourth-order valence-corrected chi connectivity index (χ4v) is 4.10. The molecule has 0 unspecified atom stereocenters. The zero-order chi connectivity index (χ0) is 19.5. The maximum absolute atomic E-state index is 12.5. The van der Waals surface area contributed by atoms with Crippen molar-refractivity contribution >= 4 is 16.8 Å². The summed E-state index contributed by atoms with van der Waals surface area (Å²) in [5.41, 5.74) is 4.07. The third-order valence-corrected chi connectivity index (χ3v) is 5.68. The van der Waals surface area contributed by atoms with E-state index in [0.29, 0.717) is 19.4 Å². The van der Waals surface area contributed by atoms with Crippen LogP contribution in [0, 0.1) is 13.8 Å². The van der Waals surface area contributed by atoms with Crippen LogP contribution in [0.4, 0.5) is 0 Å². The minimum atomic E-state index is 0.0267. The first-order valence-corrected chi connectivity index (χ1v) is 10.2. The first kappa shape index (κ1) is 18.6. The second-order valence-electron chi connectivity index (χ2n) is 7.59. The van der Waals surface area contributed by atoms with E-state index in [4.69, 9.17) is 0 Å². The number of benzene rings is 1. The van der Waals surface area contributed by atoms with Gasteiger partial charge in [-0.15, -0.1) is 10.2 Å². The molecule has 0 atom stereocenters. The van der Waals surface area contributed by atoms with Crippen molar-refractivity contribution in [3.05, 3.63) is 52.7 Å². The van der Waals surface area contributed by atoms with Crippen LogP contribution in [0.1, 0.15) is 47.7 Å². The van der Waals surface area contributed by atoms with Crippen molar-refractivity contribution in [1.29, 1.82) is 0 Å². The molecule has 0 radical (unpaired) electrons. The number of hydrogen-bond acceptors (Lipinski definition) is 4. The van der Waals surface area contributed by atoms with Crippen molar-refractivity contribution < 1.29 is 4.79 Å². The standard InChI is InChI=1S/C22H27N5O/c1-15-17-8-5-6-9-19(17)24-16(2)18(15)14-22(28)23-12-11-21-26-25-20-10-4-3-7-13-27(20)21/h5-6,8-9H,3-4,7,10-14H2,1-2H3,(H,23,28). The molecule has 2 aromatic heterocycles. The van der Waals surface area contributed by atoms with E-state index >= 15 is 0 Å². The Balaban J connectivity index is 1.39. The highest BCUT2D eigenvalue weighted by molar-refractivity contribution is 5.86. The summed E-state index contributed by atoms with van der Waals surface area (Å²) in [6, 6.07) is 8.08. The number of aryl methyl sites for hydroxylation is 3. The Labute approximate surface area is 165 Å². The summed E-state index contributed by atoms with van der Waals surface area (Å²) in [6.45, 7) is 5.63. The molecule has 0 saturated carbocycles. The molecular formula is C22H27N5O. The number of pyridine rings is 1. The van der Waals surface area contributed by atoms with Gasteiger partial charge in [0, 0.05) is 37.0 Å². The Kier molecular flexibility index (Phi) is 5.37. The minimum absolute atomic E-state index is 0.0267. The molecule has 3 heterocycles. The molecule has 3 aromatic rings. The second-order valence-corrected chi connectivity index (χ2v) is 7.59. The number of rotatable bonds is 5. The average molecular weight is 377 g/mol. The van der Waals surface area contributed by atoms with Crippen LogP contribution in [0.15, 0.2) is 24.3 Å². The fraction of sp³-hybridized carbons (Fsp3) is 0.455. The van der Waals surface area contributed by atoms with Gasteiger partial charge in [-0.1, -0.05) is 24.6 Å². The summed E-state index contributed by atoms with van der Waals surface area (Å²) in [6.07, 6.45) is 5.69. The number of para-hydroxylation sites is 1. The van der Waals surface area contributed by atoms with Gasteiger partial charge in [0.25, 0.3) is 0 Å².